The van der Waals surface area contributed by atoms with Crippen molar-refractivity contribution in [2.75, 3.05) is 5.32 Å². The van der Waals surface area contributed by atoms with Gasteiger partial charge in [0.2, 0.25) is 0 Å². The zero-order valence-corrected chi connectivity index (χ0v) is 9.27. The highest BCUT2D eigenvalue weighted by Crippen LogP contribution is 2.12. The van der Waals surface area contributed by atoms with E-state index < -0.39 is 18.1 Å². The minimum Gasteiger partial charge on any atom is -0.453 e. The molecule has 0 fully saturated rings. The Morgan fingerprint density at radius 1 is 1.24 bits per heavy atom. The molecule has 1 aliphatic rings. The summed E-state index contributed by atoms with van der Waals surface area (Å²) in [6, 6.07) is 8.64. The summed E-state index contributed by atoms with van der Waals surface area (Å²) in [6.07, 6.45) is 0.860. The van der Waals surface area contributed by atoms with Gasteiger partial charge in [-0.05, 0) is 19.1 Å². The van der Waals surface area contributed by atoms with Crippen molar-refractivity contribution in [2.24, 2.45) is 0 Å². The smallest absolute Gasteiger partial charge is 0.333 e. The quantitative estimate of drug-likeness (QED) is 0.761. The van der Waals surface area contributed by atoms with Crippen LogP contribution in [0, 0.1) is 0 Å². The van der Waals surface area contributed by atoms with Crippen molar-refractivity contribution in [3.05, 3.63) is 42.1 Å². The van der Waals surface area contributed by atoms with Crippen LogP contribution >= 0.6 is 0 Å². The number of anilines is 1. The number of urea groups is 1. The van der Waals surface area contributed by atoms with Gasteiger partial charge in [0, 0.05) is 11.8 Å². The second-order valence-electron chi connectivity index (χ2n) is 3.62. The van der Waals surface area contributed by atoms with Crippen LogP contribution in [0.2, 0.25) is 0 Å². The van der Waals surface area contributed by atoms with Gasteiger partial charge >= 0.3 is 12.0 Å². The number of hydrogen-bond donors (Lipinski definition) is 2. The molecule has 0 radical (unpaired) electrons. The number of rotatable bonds is 2. The standard InChI is InChI=1S/C12H12N2O3/c1-8-10(7-11(15)17-8)14-12(16)13-9-5-3-2-4-6-9/h2-8H,1H3,(H2,13,14,16). The molecule has 0 spiro atoms. The lowest BCUT2D eigenvalue weighted by Crippen LogP contribution is -2.31. The van der Waals surface area contributed by atoms with Gasteiger partial charge in [-0.15, -0.1) is 0 Å². The molecule has 5 heteroatoms. The second kappa shape index (κ2) is 4.69. The predicted octanol–water partition coefficient (Wildman–Crippen LogP) is 1.64. The van der Waals surface area contributed by atoms with E-state index in [1.165, 1.54) is 6.08 Å². The van der Waals surface area contributed by atoms with E-state index in [0.29, 0.717) is 11.4 Å². The molecule has 0 saturated heterocycles. The third-order valence-electron chi connectivity index (χ3n) is 2.29. The summed E-state index contributed by atoms with van der Waals surface area (Å²) < 4.78 is 4.85. The van der Waals surface area contributed by atoms with Gasteiger partial charge in [0.15, 0.2) is 0 Å². The van der Waals surface area contributed by atoms with E-state index in [4.69, 9.17) is 4.74 Å². The molecule has 17 heavy (non-hydrogen) atoms. The van der Waals surface area contributed by atoms with Crippen LogP contribution in [0.3, 0.4) is 0 Å². The highest BCUT2D eigenvalue weighted by atomic mass is 16.5. The summed E-state index contributed by atoms with van der Waals surface area (Å²) >= 11 is 0. The topological polar surface area (TPSA) is 67.4 Å². The van der Waals surface area contributed by atoms with Gasteiger partial charge < -0.3 is 15.4 Å². The van der Waals surface area contributed by atoms with Gasteiger partial charge in [-0.3, -0.25) is 0 Å². The molecule has 2 N–H and O–H groups in total. The lowest BCUT2D eigenvalue weighted by Gasteiger charge is -2.11. The Balaban J connectivity index is 1.94. The van der Waals surface area contributed by atoms with Crippen molar-refractivity contribution >= 4 is 17.7 Å². The zero-order chi connectivity index (χ0) is 12.3. The molecular formula is C12H12N2O3. The molecule has 0 bridgehead atoms. The van der Waals surface area contributed by atoms with Gasteiger partial charge in [0.05, 0.1) is 5.70 Å². The number of amides is 2. The molecule has 88 valence electrons. The number of para-hydroxylation sites is 1. The highest BCUT2D eigenvalue weighted by Gasteiger charge is 2.23. The molecule has 1 atom stereocenters. The van der Waals surface area contributed by atoms with E-state index in [2.05, 4.69) is 10.6 Å². The normalized spacial score (nSPS) is 18.3. The third-order valence-corrected chi connectivity index (χ3v) is 2.29. The first-order chi connectivity index (χ1) is 8.15. The molecule has 1 aliphatic heterocycles. The second-order valence-corrected chi connectivity index (χ2v) is 3.62. The van der Waals surface area contributed by atoms with Crippen LogP contribution in [0.25, 0.3) is 0 Å². The lowest BCUT2D eigenvalue weighted by atomic mass is 10.3. The molecular weight excluding hydrogens is 220 g/mol. The SMILES string of the molecule is CC1OC(=O)C=C1NC(=O)Nc1ccccc1. The average molecular weight is 232 g/mol. The Morgan fingerprint density at radius 2 is 1.94 bits per heavy atom. The number of esters is 1. The van der Waals surface area contributed by atoms with Gasteiger partial charge in [0.1, 0.15) is 6.10 Å². The fourth-order valence-corrected chi connectivity index (χ4v) is 1.47. The summed E-state index contributed by atoms with van der Waals surface area (Å²) in [4.78, 5) is 22.5. The third kappa shape index (κ3) is 2.84. The van der Waals surface area contributed by atoms with Crippen LogP contribution in [-0.4, -0.2) is 18.1 Å². The molecule has 2 amide bonds. The number of benzene rings is 1. The zero-order valence-electron chi connectivity index (χ0n) is 9.27. The Labute approximate surface area is 98.5 Å². The average Bonchev–Trinajstić information content (AvgIpc) is 2.58. The maximum absolute atomic E-state index is 11.6. The molecule has 5 nitrogen and oxygen atoms in total. The van der Waals surface area contributed by atoms with Crippen molar-refractivity contribution in [3.8, 4) is 0 Å². The van der Waals surface area contributed by atoms with E-state index in [9.17, 15) is 9.59 Å². The summed E-state index contributed by atoms with van der Waals surface area (Å²) in [5, 5.41) is 5.22. The van der Waals surface area contributed by atoms with Crippen molar-refractivity contribution < 1.29 is 14.3 Å². The summed E-state index contributed by atoms with van der Waals surface area (Å²) in [5.41, 5.74) is 1.15. The van der Waals surface area contributed by atoms with E-state index in [1.54, 1.807) is 19.1 Å². The largest absolute Gasteiger partial charge is 0.453 e. The molecule has 2 rings (SSSR count). The number of nitrogens with one attached hydrogen (secondary N) is 2. The Bertz CT molecular complexity index is 468. The first kappa shape index (κ1) is 11.2. The maximum atomic E-state index is 11.6. The minimum atomic E-state index is -0.437. The fourth-order valence-electron chi connectivity index (χ4n) is 1.47. The van der Waals surface area contributed by atoms with Crippen LogP contribution in [0.5, 0.6) is 0 Å². The van der Waals surface area contributed by atoms with Gasteiger partial charge in [-0.25, -0.2) is 9.59 Å². The van der Waals surface area contributed by atoms with Gasteiger partial charge in [0.25, 0.3) is 0 Å². The van der Waals surface area contributed by atoms with Crippen molar-refractivity contribution in [2.45, 2.75) is 13.0 Å². The van der Waals surface area contributed by atoms with Crippen LogP contribution in [0.4, 0.5) is 10.5 Å². The van der Waals surface area contributed by atoms with E-state index in [1.807, 2.05) is 18.2 Å². The summed E-state index contributed by atoms with van der Waals surface area (Å²) in [6.45, 7) is 1.69. The number of hydrogen-bond acceptors (Lipinski definition) is 3. The van der Waals surface area contributed by atoms with E-state index in [0.717, 1.165) is 0 Å². The molecule has 0 saturated carbocycles. The van der Waals surface area contributed by atoms with E-state index >= 15 is 0 Å². The summed E-state index contributed by atoms with van der Waals surface area (Å²) in [5.74, 6) is -0.437. The van der Waals surface area contributed by atoms with Crippen LogP contribution < -0.4 is 10.6 Å². The molecule has 0 aliphatic carbocycles. The first-order valence-electron chi connectivity index (χ1n) is 5.20. The van der Waals surface area contributed by atoms with Crippen molar-refractivity contribution in [3.63, 3.8) is 0 Å². The minimum absolute atomic E-state index is 0.396. The molecule has 1 heterocycles. The van der Waals surface area contributed by atoms with E-state index in [-0.39, 0.29) is 0 Å². The highest BCUT2D eigenvalue weighted by molar-refractivity contribution is 5.93. The molecule has 0 aromatic heterocycles. The van der Waals surface area contributed by atoms with Crippen LogP contribution in [0.15, 0.2) is 42.1 Å². The molecule has 1 aromatic carbocycles. The van der Waals surface area contributed by atoms with Crippen LogP contribution in [-0.2, 0) is 9.53 Å². The predicted molar refractivity (Wildman–Crippen MR) is 62.2 cm³/mol. The fraction of sp³-hybridized carbons (Fsp3) is 0.167. The Hall–Kier alpha value is -2.30. The number of cyclic esters (lactones) is 1. The van der Waals surface area contributed by atoms with Gasteiger partial charge in [-0.2, -0.15) is 0 Å². The molecule has 1 aromatic rings. The van der Waals surface area contributed by atoms with Crippen LogP contribution in [0.1, 0.15) is 6.92 Å². The summed E-state index contributed by atoms with van der Waals surface area (Å²) in [7, 11) is 0. The Kier molecular flexibility index (Phi) is 3.09. The van der Waals surface area contributed by atoms with Crippen molar-refractivity contribution in [1.29, 1.82) is 0 Å². The lowest BCUT2D eigenvalue weighted by molar-refractivity contribution is -0.138. The Morgan fingerprint density at radius 3 is 2.53 bits per heavy atom. The number of ether oxygens (including phenoxy) is 1. The monoisotopic (exact) mass is 232 g/mol. The van der Waals surface area contributed by atoms with Gasteiger partial charge in [-0.1, -0.05) is 18.2 Å². The number of carbonyl (C=O) groups is 2. The number of carbonyl (C=O) groups excluding carboxylic acids is 2. The molecule has 1 unspecified atom stereocenters. The van der Waals surface area contributed by atoms with Crippen molar-refractivity contribution in [1.82, 2.24) is 5.32 Å². The maximum Gasteiger partial charge on any atom is 0.333 e. The first-order valence-corrected chi connectivity index (χ1v) is 5.20.